The van der Waals surface area contributed by atoms with E-state index in [9.17, 15) is 13.2 Å². The molecule has 0 aliphatic rings. The summed E-state index contributed by atoms with van der Waals surface area (Å²) in [4.78, 5) is 13.5. The molecule has 0 amide bonds. The standard InChI is InChI=1S/C17H14ClNO4S2/c1-11-4-6-13(9-14(11)18)25(21,22)19-10-12-5-7-16(24-12)17(20)15-3-2-8-23-15/h2-9,19H,10H2,1H3. The largest absolute Gasteiger partial charge is 0.461 e. The smallest absolute Gasteiger partial charge is 0.240 e. The number of hydrogen-bond acceptors (Lipinski definition) is 5. The Bertz CT molecular complexity index is 1010. The van der Waals surface area contributed by atoms with Crippen molar-refractivity contribution in [1.29, 1.82) is 0 Å². The summed E-state index contributed by atoms with van der Waals surface area (Å²) < 4.78 is 32.3. The molecule has 0 unspecified atom stereocenters. The van der Waals surface area contributed by atoms with Crippen molar-refractivity contribution < 1.29 is 17.6 Å². The highest BCUT2D eigenvalue weighted by atomic mass is 35.5. The van der Waals surface area contributed by atoms with Crippen molar-refractivity contribution in [3.05, 3.63) is 74.8 Å². The summed E-state index contributed by atoms with van der Waals surface area (Å²) in [5, 5.41) is 0.394. The molecule has 3 rings (SSSR count). The summed E-state index contributed by atoms with van der Waals surface area (Å²) in [6.45, 7) is 1.89. The Labute approximate surface area is 154 Å². The number of halogens is 1. The maximum atomic E-state index is 12.3. The van der Waals surface area contributed by atoms with Gasteiger partial charge in [-0.3, -0.25) is 4.79 Å². The van der Waals surface area contributed by atoms with E-state index in [4.69, 9.17) is 16.0 Å². The first-order chi connectivity index (χ1) is 11.9. The number of furan rings is 1. The molecule has 0 bridgehead atoms. The lowest BCUT2D eigenvalue weighted by Gasteiger charge is -2.07. The lowest BCUT2D eigenvalue weighted by atomic mass is 10.2. The lowest BCUT2D eigenvalue weighted by molar-refractivity contribution is 0.101. The number of nitrogens with one attached hydrogen (secondary N) is 1. The minimum absolute atomic E-state index is 0.0872. The molecule has 0 aliphatic heterocycles. The van der Waals surface area contributed by atoms with Crippen LogP contribution in [0.1, 0.15) is 25.9 Å². The number of carbonyl (C=O) groups excluding carboxylic acids is 1. The molecule has 0 radical (unpaired) electrons. The molecule has 130 valence electrons. The van der Waals surface area contributed by atoms with Crippen LogP contribution in [0.3, 0.4) is 0 Å². The van der Waals surface area contributed by atoms with Gasteiger partial charge in [0.15, 0.2) is 5.76 Å². The molecule has 0 aliphatic carbocycles. The molecule has 3 aromatic rings. The Balaban J connectivity index is 1.71. The molecule has 1 aromatic carbocycles. The molecule has 0 atom stereocenters. The van der Waals surface area contributed by atoms with Crippen LogP contribution in [0, 0.1) is 6.92 Å². The minimum atomic E-state index is -3.68. The summed E-state index contributed by atoms with van der Waals surface area (Å²) in [5.74, 6) is 0.0256. The van der Waals surface area contributed by atoms with Crippen molar-refractivity contribution in [1.82, 2.24) is 4.72 Å². The van der Waals surface area contributed by atoms with Gasteiger partial charge in [-0.25, -0.2) is 13.1 Å². The first-order valence-electron chi connectivity index (χ1n) is 7.29. The summed E-state index contributed by atoms with van der Waals surface area (Å²) >= 11 is 7.21. The molecular weight excluding hydrogens is 382 g/mol. The monoisotopic (exact) mass is 395 g/mol. The van der Waals surface area contributed by atoms with Gasteiger partial charge in [0.25, 0.3) is 0 Å². The predicted octanol–water partition coefficient (Wildman–Crippen LogP) is 4.01. The highest BCUT2D eigenvalue weighted by Crippen LogP contribution is 2.22. The van der Waals surface area contributed by atoms with Gasteiger partial charge in [0.05, 0.1) is 16.0 Å². The molecule has 2 heterocycles. The van der Waals surface area contributed by atoms with Crippen LogP contribution >= 0.6 is 22.9 Å². The predicted molar refractivity (Wildman–Crippen MR) is 96.7 cm³/mol. The van der Waals surface area contributed by atoms with E-state index in [1.807, 2.05) is 0 Å². The fraction of sp³-hybridized carbons (Fsp3) is 0.118. The normalized spacial score (nSPS) is 11.6. The molecule has 5 nitrogen and oxygen atoms in total. The molecule has 0 saturated heterocycles. The summed E-state index contributed by atoms with van der Waals surface area (Å²) in [5.41, 5.74) is 0.806. The van der Waals surface area contributed by atoms with Crippen molar-refractivity contribution in [2.75, 3.05) is 0 Å². The van der Waals surface area contributed by atoms with Gasteiger partial charge in [-0.05, 0) is 48.9 Å². The molecule has 25 heavy (non-hydrogen) atoms. The third-order valence-corrected chi connectivity index (χ3v) is 6.41. The summed E-state index contributed by atoms with van der Waals surface area (Å²) in [7, 11) is -3.68. The molecule has 8 heteroatoms. The summed E-state index contributed by atoms with van der Waals surface area (Å²) in [6, 6.07) is 11.2. The molecular formula is C17H14ClNO4S2. The Hall–Kier alpha value is -1.93. The van der Waals surface area contributed by atoms with Crippen LogP contribution < -0.4 is 4.72 Å². The maximum absolute atomic E-state index is 12.3. The number of aryl methyl sites for hydroxylation is 1. The highest BCUT2D eigenvalue weighted by molar-refractivity contribution is 7.89. The molecule has 0 saturated carbocycles. The number of rotatable bonds is 6. The van der Waals surface area contributed by atoms with E-state index in [1.165, 1.54) is 29.7 Å². The first kappa shape index (κ1) is 17.9. The molecule has 0 fully saturated rings. The first-order valence-corrected chi connectivity index (χ1v) is 9.97. The van der Waals surface area contributed by atoms with Crippen molar-refractivity contribution in [2.45, 2.75) is 18.4 Å². The van der Waals surface area contributed by atoms with Gasteiger partial charge in [-0.15, -0.1) is 11.3 Å². The second-order valence-electron chi connectivity index (χ2n) is 5.31. The topological polar surface area (TPSA) is 76.4 Å². The lowest BCUT2D eigenvalue weighted by Crippen LogP contribution is -2.22. The van der Waals surface area contributed by atoms with Crippen LogP contribution in [0.25, 0.3) is 0 Å². The Morgan fingerprint density at radius 2 is 2.04 bits per heavy atom. The van der Waals surface area contributed by atoms with Gasteiger partial charge < -0.3 is 4.42 Å². The number of benzene rings is 1. The van der Waals surface area contributed by atoms with E-state index in [1.54, 1.807) is 37.3 Å². The van der Waals surface area contributed by atoms with Crippen LogP contribution in [0.4, 0.5) is 0 Å². The van der Waals surface area contributed by atoms with E-state index in [-0.39, 0.29) is 23.0 Å². The van der Waals surface area contributed by atoms with Gasteiger partial charge in [-0.1, -0.05) is 17.7 Å². The van der Waals surface area contributed by atoms with Gasteiger partial charge in [0.1, 0.15) is 0 Å². The number of ketones is 1. The van der Waals surface area contributed by atoms with Crippen molar-refractivity contribution in [2.24, 2.45) is 0 Å². The maximum Gasteiger partial charge on any atom is 0.240 e. The zero-order chi connectivity index (χ0) is 18.0. The number of carbonyl (C=O) groups is 1. The third-order valence-electron chi connectivity index (χ3n) is 3.52. The van der Waals surface area contributed by atoms with Gasteiger partial charge in [0.2, 0.25) is 15.8 Å². The highest BCUT2D eigenvalue weighted by Gasteiger charge is 2.17. The van der Waals surface area contributed by atoms with Crippen LogP contribution in [-0.4, -0.2) is 14.2 Å². The zero-order valence-electron chi connectivity index (χ0n) is 13.2. The number of hydrogen-bond donors (Lipinski definition) is 1. The van der Waals surface area contributed by atoms with E-state index in [0.717, 1.165) is 10.4 Å². The van der Waals surface area contributed by atoms with Gasteiger partial charge in [0, 0.05) is 16.4 Å². The minimum Gasteiger partial charge on any atom is -0.461 e. The van der Waals surface area contributed by atoms with Crippen LogP contribution in [0.5, 0.6) is 0 Å². The van der Waals surface area contributed by atoms with E-state index < -0.39 is 10.0 Å². The van der Waals surface area contributed by atoms with E-state index >= 15 is 0 Å². The van der Waals surface area contributed by atoms with Crippen molar-refractivity contribution in [3.8, 4) is 0 Å². The third kappa shape index (κ3) is 4.01. The Kier molecular flexibility index (Phi) is 5.10. The fourth-order valence-corrected chi connectivity index (χ4v) is 4.38. The van der Waals surface area contributed by atoms with Crippen molar-refractivity contribution in [3.63, 3.8) is 0 Å². The average Bonchev–Trinajstić information content (AvgIpc) is 3.26. The number of sulfonamides is 1. The zero-order valence-corrected chi connectivity index (χ0v) is 15.5. The SMILES string of the molecule is Cc1ccc(S(=O)(=O)NCc2ccc(C(=O)c3ccco3)s2)cc1Cl. The van der Waals surface area contributed by atoms with Crippen LogP contribution in [0.15, 0.2) is 58.0 Å². The second-order valence-corrected chi connectivity index (χ2v) is 8.65. The van der Waals surface area contributed by atoms with Crippen LogP contribution in [0.2, 0.25) is 5.02 Å². The van der Waals surface area contributed by atoms with E-state index in [0.29, 0.717) is 9.90 Å². The summed E-state index contributed by atoms with van der Waals surface area (Å²) in [6.07, 6.45) is 1.43. The quantitative estimate of drug-likeness (QED) is 0.639. The van der Waals surface area contributed by atoms with Gasteiger partial charge >= 0.3 is 0 Å². The fourth-order valence-electron chi connectivity index (χ4n) is 2.11. The van der Waals surface area contributed by atoms with Gasteiger partial charge in [-0.2, -0.15) is 0 Å². The van der Waals surface area contributed by atoms with Crippen molar-refractivity contribution >= 4 is 38.7 Å². The Morgan fingerprint density at radius 3 is 2.72 bits per heavy atom. The van der Waals surface area contributed by atoms with Crippen LogP contribution in [-0.2, 0) is 16.6 Å². The number of thiophene rings is 1. The molecule has 2 aromatic heterocycles. The molecule has 1 N–H and O–H groups in total. The Morgan fingerprint density at radius 1 is 1.24 bits per heavy atom. The average molecular weight is 396 g/mol. The molecule has 0 spiro atoms. The second kappa shape index (κ2) is 7.13. The van der Waals surface area contributed by atoms with E-state index in [2.05, 4.69) is 4.72 Å².